The Labute approximate surface area is 169 Å². The number of halogens is 2. The lowest BCUT2D eigenvalue weighted by Crippen LogP contribution is -2.26. The number of amides is 1. The molecular weight excluding hydrogens is 387 g/mol. The first-order valence-electron chi connectivity index (χ1n) is 8.74. The maximum atomic E-state index is 12.1. The van der Waals surface area contributed by atoms with Crippen LogP contribution in [0.5, 0.6) is 11.5 Å². The molecule has 2 aromatic rings. The molecule has 1 amide bonds. The standard InChI is InChI=1S/C20H24Cl2N2O3/c1-26-19-12-15(5-7-18(19)27-10-8-23)13-20(25)24-9-2-3-14-4-6-16(21)17(22)11-14/h4-7,11-12H,2-3,8-10,13,23H2,1H3,(H,24,25). The lowest BCUT2D eigenvalue weighted by molar-refractivity contribution is -0.120. The zero-order valence-corrected chi connectivity index (χ0v) is 16.8. The summed E-state index contributed by atoms with van der Waals surface area (Å²) in [5.41, 5.74) is 7.39. The quantitative estimate of drug-likeness (QED) is 0.586. The number of hydrogen-bond acceptors (Lipinski definition) is 4. The molecule has 5 nitrogen and oxygen atoms in total. The number of aryl methyl sites for hydroxylation is 1. The highest BCUT2D eigenvalue weighted by molar-refractivity contribution is 6.42. The average molecular weight is 411 g/mol. The van der Waals surface area contributed by atoms with Gasteiger partial charge in [0.1, 0.15) is 6.61 Å². The van der Waals surface area contributed by atoms with Crippen LogP contribution in [0.2, 0.25) is 10.0 Å². The molecule has 0 atom stereocenters. The Hall–Kier alpha value is -1.95. The van der Waals surface area contributed by atoms with E-state index in [1.165, 1.54) is 0 Å². The van der Waals surface area contributed by atoms with Gasteiger partial charge in [-0.2, -0.15) is 0 Å². The highest BCUT2D eigenvalue weighted by Gasteiger charge is 2.09. The van der Waals surface area contributed by atoms with Crippen LogP contribution in [0.25, 0.3) is 0 Å². The third-order valence-electron chi connectivity index (χ3n) is 3.92. The monoisotopic (exact) mass is 410 g/mol. The van der Waals surface area contributed by atoms with Crippen LogP contribution in [-0.2, 0) is 17.6 Å². The Morgan fingerprint density at radius 3 is 2.56 bits per heavy atom. The molecule has 0 aromatic heterocycles. The number of methoxy groups -OCH3 is 1. The van der Waals surface area contributed by atoms with Gasteiger partial charge in [-0.15, -0.1) is 0 Å². The maximum Gasteiger partial charge on any atom is 0.224 e. The molecule has 0 heterocycles. The first kappa shape index (κ1) is 21.4. The number of carbonyl (C=O) groups is 1. The molecule has 2 aromatic carbocycles. The molecule has 0 saturated heterocycles. The molecule has 0 saturated carbocycles. The van der Waals surface area contributed by atoms with Crippen molar-refractivity contribution in [2.24, 2.45) is 5.73 Å². The van der Waals surface area contributed by atoms with E-state index >= 15 is 0 Å². The van der Waals surface area contributed by atoms with E-state index < -0.39 is 0 Å². The first-order chi connectivity index (χ1) is 13.0. The van der Waals surface area contributed by atoms with Crippen LogP contribution >= 0.6 is 23.2 Å². The Balaban J connectivity index is 1.78. The van der Waals surface area contributed by atoms with E-state index in [9.17, 15) is 4.79 Å². The third-order valence-corrected chi connectivity index (χ3v) is 4.66. The summed E-state index contributed by atoms with van der Waals surface area (Å²) in [6, 6.07) is 11.0. The maximum absolute atomic E-state index is 12.1. The molecule has 27 heavy (non-hydrogen) atoms. The van der Waals surface area contributed by atoms with Crippen LogP contribution < -0.4 is 20.5 Å². The first-order valence-corrected chi connectivity index (χ1v) is 9.49. The van der Waals surface area contributed by atoms with Crippen LogP contribution in [0.3, 0.4) is 0 Å². The third kappa shape index (κ3) is 6.94. The minimum Gasteiger partial charge on any atom is -0.493 e. The van der Waals surface area contributed by atoms with Crippen molar-refractivity contribution < 1.29 is 14.3 Å². The Bertz CT molecular complexity index is 769. The van der Waals surface area contributed by atoms with Gasteiger partial charge in [0.15, 0.2) is 11.5 Å². The van der Waals surface area contributed by atoms with Crippen molar-refractivity contribution in [2.45, 2.75) is 19.3 Å². The van der Waals surface area contributed by atoms with Crippen molar-refractivity contribution >= 4 is 29.1 Å². The van der Waals surface area contributed by atoms with E-state index in [4.69, 9.17) is 38.4 Å². The largest absolute Gasteiger partial charge is 0.493 e. The number of nitrogens with two attached hydrogens (primary N) is 1. The van der Waals surface area contributed by atoms with Gasteiger partial charge in [-0.25, -0.2) is 0 Å². The summed E-state index contributed by atoms with van der Waals surface area (Å²) in [5.74, 6) is 1.17. The fraction of sp³-hybridized carbons (Fsp3) is 0.350. The molecule has 0 fully saturated rings. The number of carbonyl (C=O) groups excluding carboxylic acids is 1. The minimum absolute atomic E-state index is 0.0400. The number of ether oxygens (including phenoxy) is 2. The predicted molar refractivity (Wildman–Crippen MR) is 109 cm³/mol. The van der Waals surface area contributed by atoms with Crippen molar-refractivity contribution in [2.75, 3.05) is 26.8 Å². The molecule has 0 unspecified atom stereocenters. The van der Waals surface area contributed by atoms with Gasteiger partial charge in [-0.1, -0.05) is 35.3 Å². The van der Waals surface area contributed by atoms with Crippen molar-refractivity contribution in [3.05, 3.63) is 57.6 Å². The van der Waals surface area contributed by atoms with Gasteiger partial charge < -0.3 is 20.5 Å². The molecule has 146 valence electrons. The molecule has 0 radical (unpaired) electrons. The Morgan fingerprint density at radius 1 is 1.07 bits per heavy atom. The second-order valence-electron chi connectivity index (χ2n) is 6.00. The number of rotatable bonds is 10. The molecular formula is C20H24Cl2N2O3. The van der Waals surface area contributed by atoms with Gasteiger partial charge in [0, 0.05) is 13.1 Å². The van der Waals surface area contributed by atoms with E-state index in [0.717, 1.165) is 24.0 Å². The fourth-order valence-corrected chi connectivity index (χ4v) is 2.89. The van der Waals surface area contributed by atoms with Gasteiger partial charge in [0.25, 0.3) is 0 Å². The lowest BCUT2D eigenvalue weighted by atomic mass is 10.1. The summed E-state index contributed by atoms with van der Waals surface area (Å²) in [5, 5.41) is 4.02. The minimum atomic E-state index is -0.0400. The van der Waals surface area contributed by atoms with Crippen molar-refractivity contribution in [1.82, 2.24) is 5.32 Å². The predicted octanol–water partition coefficient (Wildman–Crippen LogP) is 3.63. The summed E-state index contributed by atoms with van der Waals surface area (Å²) in [7, 11) is 1.57. The van der Waals surface area contributed by atoms with Gasteiger partial charge in [0.2, 0.25) is 5.91 Å². The summed E-state index contributed by atoms with van der Waals surface area (Å²) in [6.45, 7) is 1.43. The highest BCUT2D eigenvalue weighted by Crippen LogP contribution is 2.28. The van der Waals surface area contributed by atoms with E-state index in [2.05, 4.69) is 5.32 Å². The summed E-state index contributed by atoms with van der Waals surface area (Å²) < 4.78 is 10.8. The van der Waals surface area contributed by atoms with E-state index in [1.807, 2.05) is 18.2 Å². The topological polar surface area (TPSA) is 73.6 Å². The number of benzene rings is 2. The zero-order chi connectivity index (χ0) is 19.6. The Kier molecular flexibility index (Phi) is 8.72. The molecule has 0 bridgehead atoms. The van der Waals surface area contributed by atoms with Crippen LogP contribution in [0.15, 0.2) is 36.4 Å². The van der Waals surface area contributed by atoms with Crippen LogP contribution in [-0.4, -0.2) is 32.7 Å². The average Bonchev–Trinajstić information content (AvgIpc) is 2.66. The number of hydrogen-bond donors (Lipinski definition) is 2. The lowest BCUT2D eigenvalue weighted by Gasteiger charge is -2.12. The van der Waals surface area contributed by atoms with Gasteiger partial charge >= 0.3 is 0 Å². The van der Waals surface area contributed by atoms with Crippen LogP contribution in [0, 0.1) is 0 Å². The number of nitrogens with one attached hydrogen (secondary N) is 1. The normalized spacial score (nSPS) is 10.5. The van der Waals surface area contributed by atoms with Gasteiger partial charge in [-0.05, 0) is 48.2 Å². The molecule has 3 N–H and O–H groups in total. The van der Waals surface area contributed by atoms with Crippen molar-refractivity contribution in [3.8, 4) is 11.5 Å². The summed E-state index contributed by atoms with van der Waals surface area (Å²) >= 11 is 11.9. The zero-order valence-electron chi connectivity index (χ0n) is 15.3. The van der Waals surface area contributed by atoms with Crippen LogP contribution in [0.1, 0.15) is 17.5 Å². The molecule has 2 rings (SSSR count). The molecule has 7 heteroatoms. The fourth-order valence-electron chi connectivity index (χ4n) is 2.57. The Morgan fingerprint density at radius 2 is 1.85 bits per heavy atom. The van der Waals surface area contributed by atoms with Crippen LogP contribution in [0.4, 0.5) is 0 Å². The summed E-state index contributed by atoms with van der Waals surface area (Å²) in [4.78, 5) is 12.1. The highest BCUT2D eigenvalue weighted by atomic mass is 35.5. The van der Waals surface area contributed by atoms with E-state index in [1.54, 1.807) is 25.3 Å². The van der Waals surface area contributed by atoms with Crippen molar-refractivity contribution in [1.29, 1.82) is 0 Å². The van der Waals surface area contributed by atoms with E-state index in [-0.39, 0.29) is 12.3 Å². The second kappa shape index (κ2) is 11.0. The smallest absolute Gasteiger partial charge is 0.224 e. The molecule has 0 aliphatic rings. The van der Waals surface area contributed by atoms with Crippen molar-refractivity contribution in [3.63, 3.8) is 0 Å². The van der Waals surface area contributed by atoms with E-state index in [0.29, 0.717) is 41.2 Å². The summed E-state index contributed by atoms with van der Waals surface area (Å²) in [6.07, 6.45) is 1.91. The molecule has 0 aliphatic carbocycles. The van der Waals surface area contributed by atoms with Gasteiger partial charge in [-0.3, -0.25) is 4.79 Å². The molecule has 0 aliphatic heterocycles. The molecule has 0 spiro atoms. The van der Waals surface area contributed by atoms with Gasteiger partial charge in [0.05, 0.1) is 23.6 Å². The second-order valence-corrected chi connectivity index (χ2v) is 6.82. The SMILES string of the molecule is COc1cc(CC(=O)NCCCc2ccc(Cl)c(Cl)c2)ccc1OCCN.